The number of nitrogens with one attached hydrogen (secondary N) is 2. The van der Waals surface area contributed by atoms with Crippen LogP contribution in [-0.4, -0.2) is 24.0 Å². The molecule has 20 heavy (non-hydrogen) atoms. The van der Waals surface area contributed by atoms with Crippen molar-refractivity contribution in [3.05, 3.63) is 30.1 Å². The van der Waals surface area contributed by atoms with Gasteiger partial charge >= 0.3 is 0 Å². The van der Waals surface area contributed by atoms with E-state index >= 15 is 0 Å². The minimum atomic E-state index is 0.0437. The summed E-state index contributed by atoms with van der Waals surface area (Å²) in [5, 5.41) is 6.50. The van der Waals surface area contributed by atoms with Gasteiger partial charge in [-0.1, -0.05) is 6.92 Å². The van der Waals surface area contributed by atoms with Gasteiger partial charge in [-0.05, 0) is 62.4 Å². The van der Waals surface area contributed by atoms with Gasteiger partial charge in [0.25, 0.3) is 0 Å². The molecule has 2 unspecified atom stereocenters. The molecular weight excluding hydrogens is 250 g/mol. The minimum Gasteiger partial charge on any atom is -0.350 e. The van der Waals surface area contributed by atoms with Gasteiger partial charge in [0.1, 0.15) is 0 Å². The summed E-state index contributed by atoms with van der Waals surface area (Å²) in [6.45, 7) is 6.37. The van der Waals surface area contributed by atoms with Gasteiger partial charge in [-0.25, -0.2) is 0 Å². The average Bonchev–Trinajstić information content (AvgIpc) is 2.49. The molecule has 0 spiro atoms. The smallest absolute Gasteiger partial charge is 0.220 e. The summed E-state index contributed by atoms with van der Waals surface area (Å²) >= 11 is 0. The topological polar surface area (TPSA) is 54.0 Å². The van der Waals surface area contributed by atoms with Crippen LogP contribution in [0.5, 0.6) is 0 Å². The van der Waals surface area contributed by atoms with Gasteiger partial charge in [0, 0.05) is 18.8 Å². The SMILES string of the molecule is CC(CC(=O)N[C@H](C)c1ccncc1)C1CCCNC1. The van der Waals surface area contributed by atoms with E-state index in [0.29, 0.717) is 18.3 Å². The Morgan fingerprint density at radius 2 is 2.20 bits per heavy atom. The summed E-state index contributed by atoms with van der Waals surface area (Å²) in [6, 6.07) is 3.93. The highest BCUT2D eigenvalue weighted by atomic mass is 16.1. The summed E-state index contributed by atoms with van der Waals surface area (Å²) < 4.78 is 0. The van der Waals surface area contributed by atoms with Crippen molar-refractivity contribution in [2.24, 2.45) is 11.8 Å². The molecule has 2 heterocycles. The van der Waals surface area contributed by atoms with Gasteiger partial charge in [-0.2, -0.15) is 0 Å². The molecule has 0 aromatic carbocycles. The number of nitrogens with zero attached hydrogens (tertiary/aromatic N) is 1. The average molecular weight is 275 g/mol. The Balaban J connectivity index is 1.79. The molecule has 110 valence electrons. The third-order valence-corrected chi connectivity index (χ3v) is 4.23. The highest BCUT2D eigenvalue weighted by Crippen LogP contribution is 2.22. The molecule has 0 saturated carbocycles. The van der Waals surface area contributed by atoms with Crippen LogP contribution in [0.2, 0.25) is 0 Å². The Bertz CT molecular complexity index is 415. The zero-order chi connectivity index (χ0) is 14.4. The van der Waals surface area contributed by atoms with Crippen LogP contribution in [0.3, 0.4) is 0 Å². The standard InChI is InChI=1S/C16H25N3O/c1-12(15-4-3-7-18-11-15)10-16(20)19-13(2)14-5-8-17-9-6-14/h5-6,8-9,12-13,15,18H,3-4,7,10-11H2,1-2H3,(H,19,20)/t12?,13-,15?/m1/s1. The van der Waals surface area contributed by atoms with Crippen LogP contribution < -0.4 is 10.6 Å². The maximum Gasteiger partial charge on any atom is 0.220 e. The predicted octanol–water partition coefficient (Wildman–Crippen LogP) is 2.28. The number of aromatic nitrogens is 1. The van der Waals surface area contributed by atoms with E-state index in [1.165, 1.54) is 12.8 Å². The Morgan fingerprint density at radius 3 is 2.85 bits per heavy atom. The Labute approximate surface area is 121 Å². The largest absolute Gasteiger partial charge is 0.350 e. The van der Waals surface area contributed by atoms with Crippen molar-refractivity contribution in [1.82, 2.24) is 15.6 Å². The predicted molar refractivity (Wildman–Crippen MR) is 80.2 cm³/mol. The Morgan fingerprint density at radius 1 is 1.45 bits per heavy atom. The molecule has 1 fully saturated rings. The molecule has 2 N–H and O–H groups in total. The van der Waals surface area contributed by atoms with Crippen molar-refractivity contribution in [3.63, 3.8) is 0 Å². The molecule has 2 rings (SSSR count). The van der Waals surface area contributed by atoms with E-state index in [4.69, 9.17) is 0 Å². The lowest BCUT2D eigenvalue weighted by atomic mass is 9.85. The van der Waals surface area contributed by atoms with Crippen molar-refractivity contribution in [2.45, 2.75) is 39.2 Å². The van der Waals surface area contributed by atoms with Gasteiger partial charge in [-0.3, -0.25) is 9.78 Å². The van der Waals surface area contributed by atoms with E-state index in [1.54, 1.807) is 12.4 Å². The molecule has 1 aliphatic heterocycles. The van der Waals surface area contributed by atoms with Crippen molar-refractivity contribution in [1.29, 1.82) is 0 Å². The molecular formula is C16H25N3O. The number of rotatable bonds is 5. The number of hydrogen-bond donors (Lipinski definition) is 2. The molecule has 1 aromatic rings. The molecule has 1 aliphatic rings. The fourth-order valence-electron chi connectivity index (χ4n) is 2.86. The lowest BCUT2D eigenvalue weighted by Crippen LogP contribution is -2.36. The van der Waals surface area contributed by atoms with Gasteiger partial charge in [0.2, 0.25) is 5.91 Å². The van der Waals surface area contributed by atoms with Crippen molar-refractivity contribution >= 4 is 5.91 Å². The van der Waals surface area contributed by atoms with Crippen LogP contribution in [0.1, 0.15) is 44.7 Å². The third kappa shape index (κ3) is 4.30. The van der Waals surface area contributed by atoms with Crippen LogP contribution in [-0.2, 0) is 4.79 Å². The second kappa shape index (κ2) is 7.39. The quantitative estimate of drug-likeness (QED) is 0.867. The molecule has 1 amide bonds. The highest BCUT2D eigenvalue weighted by molar-refractivity contribution is 5.76. The van der Waals surface area contributed by atoms with Crippen LogP contribution in [0.4, 0.5) is 0 Å². The van der Waals surface area contributed by atoms with Crippen molar-refractivity contribution in [2.75, 3.05) is 13.1 Å². The summed E-state index contributed by atoms with van der Waals surface area (Å²) in [6.07, 6.45) is 6.59. The van der Waals surface area contributed by atoms with E-state index in [-0.39, 0.29) is 11.9 Å². The van der Waals surface area contributed by atoms with Crippen LogP contribution in [0.15, 0.2) is 24.5 Å². The van der Waals surface area contributed by atoms with Gasteiger partial charge in [-0.15, -0.1) is 0 Å². The van der Waals surface area contributed by atoms with Gasteiger partial charge in [0.05, 0.1) is 6.04 Å². The number of carbonyl (C=O) groups is 1. The van der Waals surface area contributed by atoms with E-state index in [1.807, 2.05) is 19.1 Å². The first-order valence-electron chi connectivity index (χ1n) is 7.57. The summed E-state index contributed by atoms with van der Waals surface area (Å²) in [5.41, 5.74) is 1.10. The second-order valence-corrected chi connectivity index (χ2v) is 5.86. The highest BCUT2D eigenvalue weighted by Gasteiger charge is 2.22. The van der Waals surface area contributed by atoms with Crippen LogP contribution in [0, 0.1) is 11.8 Å². The second-order valence-electron chi connectivity index (χ2n) is 5.86. The molecule has 3 atom stereocenters. The van der Waals surface area contributed by atoms with Crippen molar-refractivity contribution < 1.29 is 4.79 Å². The number of carbonyl (C=O) groups excluding carboxylic acids is 1. The van der Waals surface area contributed by atoms with E-state index < -0.39 is 0 Å². The van der Waals surface area contributed by atoms with Gasteiger partial charge < -0.3 is 10.6 Å². The number of pyridine rings is 1. The molecule has 0 aliphatic carbocycles. The molecule has 0 radical (unpaired) electrons. The zero-order valence-corrected chi connectivity index (χ0v) is 12.4. The fraction of sp³-hybridized carbons (Fsp3) is 0.625. The molecule has 1 aromatic heterocycles. The van der Waals surface area contributed by atoms with Gasteiger partial charge in [0.15, 0.2) is 0 Å². The summed E-state index contributed by atoms with van der Waals surface area (Å²) in [5.74, 6) is 1.21. The summed E-state index contributed by atoms with van der Waals surface area (Å²) in [4.78, 5) is 16.1. The fourth-order valence-corrected chi connectivity index (χ4v) is 2.86. The third-order valence-electron chi connectivity index (χ3n) is 4.23. The Hall–Kier alpha value is -1.42. The number of piperidine rings is 1. The Kier molecular flexibility index (Phi) is 5.53. The molecule has 0 bridgehead atoms. The first-order valence-corrected chi connectivity index (χ1v) is 7.57. The van der Waals surface area contributed by atoms with E-state index in [0.717, 1.165) is 18.7 Å². The first-order chi connectivity index (χ1) is 9.66. The minimum absolute atomic E-state index is 0.0437. The van der Waals surface area contributed by atoms with Crippen molar-refractivity contribution in [3.8, 4) is 0 Å². The molecule has 4 heteroatoms. The number of amides is 1. The van der Waals surface area contributed by atoms with E-state index in [9.17, 15) is 4.79 Å². The van der Waals surface area contributed by atoms with Crippen LogP contribution in [0.25, 0.3) is 0 Å². The van der Waals surface area contributed by atoms with E-state index in [2.05, 4.69) is 22.5 Å². The molecule has 4 nitrogen and oxygen atoms in total. The van der Waals surface area contributed by atoms with Crippen LogP contribution >= 0.6 is 0 Å². The number of hydrogen-bond acceptors (Lipinski definition) is 3. The zero-order valence-electron chi connectivity index (χ0n) is 12.4. The lowest BCUT2D eigenvalue weighted by Gasteiger charge is -2.28. The molecule has 1 saturated heterocycles. The maximum absolute atomic E-state index is 12.1. The summed E-state index contributed by atoms with van der Waals surface area (Å²) in [7, 11) is 0. The monoisotopic (exact) mass is 275 g/mol. The maximum atomic E-state index is 12.1. The normalized spacial score (nSPS) is 22.0. The lowest BCUT2D eigenvalue weighted by molar-refractivity contribution is -0.123. The first kappa shape index (κ1) is 15.0.